The molecule has 0 atom stereocenters. The lowest BCUT2D eigenvalue weighted by Crippen LogP contribution is -2.07. The van der Waals surface area contributed by atoms with Crippen molar-refractivity contribution in [3.63, 3.8) is 0 Å². The number of hydrogen-bond donors (Lipinski definition) is 2. The molecule has 0 aliphatic heterocycles. The van der Waals surface area contributed by atoms with E-state index in [9.17, 15) is 22.0 Å². The number of fused-ring (bicyclic) bond motifs is 1. The number of aromatic nitrogens is 2. The number of H-pyrrole nitrogens is 1. The first-order chi connectivity index (χ1) is 11.0. The molecule has 0 fully saturated rings. The molecule has 0 spiro atoms. The highest BCUT2D eigenvalue weighted by atomic mass is 19.2. The SMILES string of the molecule is Fc1c(F)c(F)c(/C=N/Nc2nc3ccccc3[nH]2)c(F)c1F. The Balaban J connectivity index is 1.88. The maximum absolute atomic E-state index is 13.4. The highest BCUT2D eigenvalue weighted by Crippen LogP contribution is 2.21. The van der Waals surface area contributed by atoms with Gasteiger partial charge in [-0.15, -0.1) is 0 Å². The molecule has 9 heteroatoms. The molecule has 0 unspecified atom stereocenters. The van der Waals surface area contributed by atoms with Crippen LogP contribution in [0, 0.1) is 29.1 Å². The van der Waals surface area contributed by atoms with E-state index in [4.69, 9.17) is 0 Å². The molecular formula is C14H7F5N4. The topological polar surface area (TPSA) is 53.1 Å². The van der Waals surface area contributed by atoms with E-state index < -0.39 is 34.6 Å². The molecule has 0 radical (unpaired) electrons. The third kappa shape index (κ3) is 2.60. The number of imidazole rings is 1. The van der Waals surface area contributed by atoms with Crippen LogP contribution in [0.2, 0.25) is 0 Å². The Labute approximate surface area is 125 Å². The second-order valence-electron chi connectivity index (χ2n) is 4.46. The zero-order chi connectivity index (χ0) is 16.6. The van der Waals surface area contributed by atoms with Crippen molar-refractivity contribution < 1.29 is 22.0 Å². The van der Waals surface area contributed by atoms with Crippen LogP contribution in [0.25, 0.3) is 11.0 Å². The average Bonchev–Trinajstić information content (AvgIpc) is 2.97. The third-order valence-corrected chi connectivity index (χ3v) is 3.00. The molecule has 118 valence electrons. The van der Waals surface area contributed by atoms with Crippen LogP contribution < -0.4 is 5.43 Å². The smallest absolute Gasteiger partial charge is 0.222 e. The minimum absolute atomic E-state index is 0.145. The van der Waals surface area contributed by atoms with Crippen molar-refractivity contribution in [1.82, 2.24) is 9.97 Å². The zero-order valence-electron chi connectivity index (χ0n) is 11.2. The van der Waals surface area contributed by atoms with Gasteiger partial charge in [0.25, 0.3) is 0 Å². The van der Waals surface area contributed by atoms with Gasteiger partial charge in [0, 0.05) is 0 Å². The van der Waals surface area contributed by atoms with Gasteiger partial charge in [0.2, 0.25) is 11.8 Å². The van der Waals surface area contributed by atoms with Crippen LogP contribution in [0.5, 0.6) is 0 Å². The van der Waals surface area contributed by atoms with Gasteiger partial charge in [-0.3, -0.25) is 0 Å². The monoisotopic (exact) mass is 326 g/mol. The normalized spacial score (nSPS) is 11.5. The number of halogens is 5. The number of nitrogens with zero attached hydrogens (tertiary/aromatic N) is 2. The van der Waals surface area contributed by atoms with Crippen molar-refractivity contribution in [3.05, 3.63) is 58.9 Å². The summed E-state index contributed by atoms with van der Waals surface area (Å²) in [5.41, 5.74) is 2.47. The highest BCUT2D eigenvalue weighted by molar-refractivity contribution is 5.81. The molecule has 0 saturated carbocycles. The molecule has 2 aromatic carbocycles. The second kappa shape index (κ2) is 5.67. The number of aromatic amines is 1. The van der Waals surface area contributed by atoms with E-state index in [2.05, 4.69) is 20.5 Å². The maximum Gasteiger partial charge on any atom is 0.222 e. The Kier molecular flexibility index (Phi) is 3.68. The Morgan fingerprint density at radius 2 is 1.52 bits per heavy atom. The maximum atomic E-state index is 13.4. The van der Waals surface area contributed by atoms with Crippen LogP contribution in [0.3, 0.4) is 0 Å². The van der Waals surface area contributed by atoms with Gasteiger partial charge in [0.15, 0.2) is 23.3 Å². The fourth-order valence-electron chi connectivity index (χ4n) is 1.90. The first-order valence-corrected chi connectivity index (χ1v) is 6.24. The number of rotatable bonds is 3. The Hall–Kier alpha value is -2.97. The molecule has 2 N–H and O–H groups in total. The fraction of sp³-hybridized carbons (Fsp3) is 0. The summed E-state index contributed by atoms with van der Waals surface area (Å²) in [5, 5.41) is 3.44. The van der Waals surface area contributed by atoms with E-state index in [1.54, 1.807) is 24.3 Å². The molecule has 0 aliphatic carbocycles. The van der Waals surface area contributed by atoms with Crippen LogP contribution in [-0.2, 0) is 0 Å². The summed E-state index contributed by atoms with van der Waals surface area (Å²) in [4.78, 5) is 6.87. The highest BCUT2D eigenvalue weighted by Gasteiger charge is 2.24. The summed E-state index contributed by atoms with van der Waals surface area (Å²) in [6.07, 6.45) is 0.490. The predicted molar refractivity (Wildman–Crippen MR) is 73.5 cm³/mol. The van der Waals surface area contributed by atoms with Gasteiger partial charge in [-0.25, -0.2) is 32.4 Å². The lowest BCUT2D eigenvalue weighted by Gasteiger charge is -2.03. The molecular weight excluding hydrogens is 319 g/mol. The third-order valence-electron chi connectivity index (χ3n) is 3.00. The summed E-state index contributed by atoms with van der Waals surface area (Å²) >= 11 is 0. The van der Waals surface area contributed by atoms with Gasteiger partial charge < -0.3 is 4.98 Å². The van der Waals surface area contributed by atoms with Crippen LogP contribution >= 0.6 is 0 Å². The van der Waals surface area contributed by atoms with E-state index in [0.29, 0.717) is 17.2 Å². The van der Waals surface area contributed by atoms with Crippen molar-refractivity contribution in [2.75, 3.05) is 5.43 Å². The van der Waals surface area contributed by atoms with Crippen molar-refractivity contribution in [3.8, 4) is 0 Å². The molecule has 0 aliphatic rings. The van der Waals surface area contributed by atoms with Crippen LogP contribution in [0.4, 0.5) is 27.9 Å². The molecule has 3 aromatic rings. The van der Waals surface area contributed by atoms with Gasteiger partial charge in [-0.1, -0.05) is 12.1 Å². The summed E-state index contributed by atoms with van der Waals surface area (Å²) in [6.45, 7) is 0. The van der Waals surface area contributed by atoms with E-state index >= 15 is 0 Å². The Morgan fingerprint density at radius 1 is 0.913 bits per heavy atom. The predicted octanol–water partition coefficient (Wildman–Crippen LogP) is 3.70. The minimum Gasteiger partial charge on any atom is -0.323 e. The van der Waals surface area contributed by atoms with Gasteiger partial charge in [0.05, 0.1) is 22.8 Å². The average molecular weight is 326 g/mol. The van der Waals surface area contributed by atoms with Crippen molar-refractivity contribution >= 4 is 23.2 Å². The van der Waals surface area contributed by atoms with Crippen LogP contribution in [-0.4, -0.2) is 16.2 Å². The largest absolute Gasteiger partial charge is 0.323 e. The number of hydrazone groups is 1. The van der Waals surface area contributed by atoms with Gasteiger partial charge >= 0.3 is 0 Å². The van der Waals surface area contributed by atoms with E-state index in [1.807, 2.05) is 0 Å². The summed E-state index contributed by atoms with van der Waals surface area (Å²) in [6, 6.07) is 6.97. The summed E-state index contributed by atoms with van der Waals surface area (Å²) < 4.78 is 65.8. The number of para-hydroxylation sites is 2. The van der Waals surface area contributed by atoms with Gasteiger partial charge in [-0.05, 0) is 12.1 Å². The quantitative estimate of drug-likeness (QED) is 0.253. The second-order valence-corrected chi connectivity index (χ2v) is 4.46. The van der Waals surface area contributed by atoms with Crippen LogP contribution in [0.1, 0.15) is 5.56 Å². The Morgan fingerprint density at radius 3 is 2.17 bits per heavy atom. The first-order valence-electron chi connectivity index (χ1n) is 6.24. The molecule has 4 nitrogen and oxygen atoms in total. The van der Waals surface area contributed by atoms with Gasteiger partial charge in [-0.2, -0.15) is 5.10 Å². The Bertz CT molecular complexity index is 857. The zero-order valence-corrected chi connectivity index (χ0v) is 11.2. The fourth-order valence-corrected chi connectivity index (χ4v) is 1.90. The van der Waals surface area contributed by atoms with Gasteiger partial charge in [0.1, 0.15) is 0 Å². The van der Waals surface area contributed by atoms with E-state index in [0.717, 1.165) is 0 Å². The lowest BCUT2D eigenvalue weighted by atomic mass is 10.2. The molecule has 1 aromatic heterocycles. The summed E-state index contributed by atoms with van der Waals surface area (Å²) in [5.74, 6) is -10.1. The number of benzene rings is 2. The molecule has 0 amide bonds. The standard InChI is InChI=1S/C14H7F5N4/c15-9-6(10(16)12(18)13(19)11(9)17)5-20-23-14-21-7-3-1-2-4-8(7)22-14/h1-5H,(H2,21,22,23)/b20-5+. The number of anilines is 1. The molecule has 3 rings (SSSR count). The van der Waals surface area contributed by atoms with Crippen LogP contribution in [0.15, 0.2) is 29.4 Å². The van der Waals surface area contributed by atoms with Crippen molar-refractivity contribution in [2.45, 2.75) is 0 Å². The first kappa shape index (κ1) is 14.9. The van der Waals surface area contributed by atoms with E-state index in [-0.39, 0.29) is 5.95 Å². The van der Waals surface area contributed by atoms with Crippen molar-refractivity contribution in [2.24, 2.45) is 5.10 Å². The van der Waals surface area contributed by atoms with E-state index in [1.165, 1.54) is 0 Å². The number of nitrogens with one attached hydrogen (secondary N) is 2. The molecule has 0 bridgehead atoms. The molecule has 1 heterocycles. The minimum atomic E-state index is -2.22. The molecule has 23 heavy (non-hydrogen) atoms. The van der Waals surface area contributed by atoms with Crippen molar-refractivity contribution in [1.29, 1.82) is 0 Å². The number of hydrogen-bond acceptors (Lipinski definition) is 3. The summed E-state index contributed by atoms with van der Waals surface area (Å²) in [7, 11) is 0. The lowest BCUT2D eigenvalue weighted by molar-refractivity contribution is 0.377. The molecule has 0 saturated heterocycles.